The SMILES string of the molecule is Cn1cccc(C(=O)NC2CCN(C(=O)[C@H]3CC[C@@](C(=O)N[C@H](Cc4ccccc4)C(=O)O)(c4ccccc4)c4ccccc43)CC2)c1=O.S. The second-order valence-electron chi connectivity index (χ2n) is 12.9. The first kappa shape index (κ1) is 36.1. The Morgan fingerprint density at radius 2 is 1.50 bits per heavy atom. The first-order valence-electron chi connectivity index (χ1n) is 16.7. The summed E-state index contributed by atoms with van der Waals surface area (Å²) in [7, 11) is 1.60. The Morgan fingerprint density at radius 1 is 0.860 bits per heavy atom. The highest BCUT2D eigenvalue weighted by atomic mass is 32.1. The second-order valence-corrected chi connectivity index (χ2v) is 12.9. The zero-order valence-corrected chi connectivity index (χ0v) is 28.9. The van der Waals surface area contributed by atoms with Crippen LogP contribution in [0.15, 0.2) is 108 Å². The molecule has 1 aliphatic carbocycles. The number of amides is 3. The number of carboxylic acids is 1. The molecule has 4 aromatic rings. The number of piperidine rings is 1. The van der Waals surface area contributed by atoms with E-state index >= 15 is 0 Å². The van der Waals surface area contributed by atoms with Crippen LogP contribution in [0.2, 0.25) is 0 Å². The van der Waals surface area contributed by atoms with E-state index in [1.165, 1.54) is 10.6 Å². The van der Waals surface area contributed by atoms with Crippen molar-refractivity contribution in [3.8, 4) is 0 Å². The number of hydrogen-bond acceptors (Lipinski definition) is 5. The number of nitrogens with one attached hydrogen (secondary N) is 2. The van der Waals surface area contributed by atoms with Crippen LogP contribution in [0.25, 0.3) is 0 Å². The van der Waals surface area contributed by atoms with Gasteiger partial charge in [-0.1, -0.05) is 84.9 Å². The van der Waals surface area contributed by atoms with Crippen molar-refractivity contribution in [3.63, 3.8) is 0 Å². The highest BCUT2D eigenvalue weighted by Gasteiger charge is 2.49. The van der Waals surface area contributed by atoms with Crippen molar-refractivity contribution < 1.29 is 24.3 Å². The van der Waals surface area contributed by atoms with E-state index in [0.717, 1.165) is 16.7 Å². The zero-order chi connectivity index (χ0) is 34.5. The Labute approximate surface area is 298 Å². The third-order valence-electron chi connectivity index (χ3n) is 9.95. The quantitative estimate of drug-likeness (QED) is 0.243. The average molecular weight is 695 g/mol. The van der Waals surface area contributed by atoms with Crippen LogP contribution in [0.4, 0.5) is 0 Å². The van der Waals surface area contributed by atoms with E-state index in [9.17, 15) is 29.1 Å². The number of hydrogen-bond donors (Lipinski definition) is 3. The van der Waals surface area contributed by atoms with Gasteiger partial charge in [0, 0.05) is 38.8 Å². The van der Waals surface area contributed by atoms with Gasteiger partial charge in [0.1, 0.15) is 11.6 Å². The van der Waals surface area contributed by atoms with Crippen LogP contribution in [0.3, 0.4) is 0 Å². The molecule has 3 atom stereocenters. The fourth-order valence-electron chi connectivity index (χ4n) is 7.32. The summed E-state index contributed by atoms with van der Waals surface area (Å²) < 4.78 is 1.36. The molecule has 2 heterocycles. The topological polar surface area (TPSA) is 138 Å². The lowest BCUT2D eigenvalue weighted by Gasteiger charge is -2.43. The summed E-state index contributed by atoms with van der Waals surface area (Å²) in [6, 6.07) is 27.9. The third kappa shape index (κ3) is 7.23. The van der Waals surface area contributed by atoms with Gasteiger partial charge in [-0.05, 0) is 60.1 Å². The number of fused-ring (bicyclic) bond motifs is 1. The Balaban J connectivity index is 0.00000486. The molecule has 50 heavy (non-hydrogen) atoms. The van der Waals surface area contributed by atoms with Gasteiger partial charge in [-0.3, -0.25) is 19.2 Å². The van der Waals surface area contributed by atoms with Gasteiger partial charge in [0.05, 0.1) is 11.3 Å². The fourth-order valence-corrected chi connectivity index (χ4v) is 7.32. The number of aromatic nitrogens is 1. The molecule has 1 fully saturated rings. The molecule has 0 saturated carbocycles. The minimum atomic E-state index is -1.20. The molecular formula is C39H42N4O6S. The van der Waals surface area contributed by atoms with Crippen LogP contribution in [0.5, 0.6) is 0 Å². The minimum absolute atomic E-state index is 0. The predicted molar refractivity (Wildman–Crippen MR) is 194 cm³/mol. The van der Waals surface area contributed by atoms with Crippen molar-refractivity contribution in [1.29, 1.82) is 0 Å². The van der Waals surface area contributed by atoms with Gasteiger partial charge in [0.15, 0.2) is 0 Å². The number of nitrogens with zero attached hydrogens (tertiary/aromatic N) is 2. The molecule has 3 amide bonds. The lowest BCUT2D eigenvalue weighted by atomic mass is 9.62. The van der Waals surface area contributed by atoms with Crippen molar-refractivity contribution in [3.05, 3.63) is 141 Å². The van der Waals surface area contributed by atoms with Crippen LogP contribution >= 0.6 is 13.5 Å². The first-order chi connectivity index (χ1) is 23.7. The molecule has 10 nitrogen and oxygen atoms in total. The Bertz CT molecular complexity index is 1910. The molecule has 3 aromatic carbocycles. The largest absolute Gasteiger partial charge is 0.480 e. The van der Waals surface area contributed by atoms with Gasteiger partial charge in [-0.2, -0.15) is 13.5 Å². The number of rotatable bonds is 9. The predicted octanol–water partition coefficient (Wildman–Crippen LogP) is 3.89. The molecule has 0 unspecified atom stereocenters. The van der Waals surface area contributed by atoms with Crippen LogP contribution in [-0.4, -0.2) is 63.4 Å². The average Bonchev–Trinajstić information content (AvgIpc) is 3.12. The van der Waals surface area contributed by atoms with Crippen LogP contribution < -0.4 is 16.2 Å². The van der Waals surface area contributed by atoms with E-state index in [0.29, 0.717) is 44.3 Å². The Morgan fingerprint density at radius 3 is 2.18 bits per heavy atom. The number of pyridine rings is 1. The monoisotopic (exact) mass is 694 g/mol. The van der Waals surface area contributed by atoms with Gasteiger partial charge < -0.3 is 25.2 Å². The molecule has 0 bridgehead atoms. The van der Waals surface area contributed by atoms with E-state index in [2.05, 4.69) is 10.6 Å². The number of likely N-dealkylation sites (tertiary alicyclic amines) is 1. The minimum Gasteiger partial charge on any atom is -0.480 e. The van der Waals surface area contributed by atoms with Crippen LogP contribution in [0, 0.1) is 0 Å². The zero-order valence-electron chi connectivity index (χ0n) is 27.9. The number of carbonyl (C=O) groups is 4. The molecule has 6 rings (SSSR count). The molecule has 0 spiro atoms. The highest BCUT2D eigenvalue weighted by molar-refractivity contribution is 7.59. The van der Waals surface area contributed by atoms with Crippen molar-refractivity contribution in [2.75, 3.05) is 13.1 Å². The van der Waals surface area contributed by atoms with E-state index in [-0.39, 0.29) is 43.0 Å². The number of carbonyl (C=O) groups excluding carboxylic acids is 3. The van der Waals surface area contributed by atoms with Gasteiger partial charge in [0.2, 0.25) is 11.8 Å². The summed E-state index contributed by atoms with van der Waals surface area (Å²) in [4.78, 5) is 68.1. The maximum atomic E-state index is 14.5. The maximum absolute atomic E-state index is 14.5. The molecule has 3 N–H and O–H groups in total. The van der Waals surface area contributed by atoms with Crippen LogP contribution in [-0.2, 0) is 33.3 Å². The number of carboxylic acid groups (broad SMARTS) is 1. The summed E-state index contributed by atoms with van der Waals surface area (Å²) in [5.74, 6) is -2.48. The van der Waals surface area contributed by atoms with Gasteiger partial charge in [-0.25, -0.2) is 4.79 Å². The van der Waals surface area contributed by atoms with E-state index < -0.39 is 35.2 Å². The standard InChI is InChI=1S/C39H40N4O6.H2S/c1-42-22-10-16-31(35(42)45)34(44)40-28-19-23-43(24-20-28)36(46)30-18-21-39(27-13-6-3-7-14-27,32-17-9-8-15-29(30)32)38(49)41-33(37(47)48)25-26-11-4-2-5-12-26;/h2-17,22,28,30,33H,18-21,23-25H2,1H3,(H,40,44)(H,41,49)(H,47,48);1H2/t30-,33+,39+;/m0./s1. The summed E-state index contributed by atoms with van der Waals surface area (Å²) in [5.41, 5.74) is 1.50. The fraction of sp³-hybridized carbons (Fsp3) is 0.308. The van der Waals surface area contributed by atoms with Crippen molar-refractivity contribution in [1.82, 2.24) is 20.1 Å². The molecule has 11 heteroatoms. The van der Waals surface area contributed by atoms with Crippen molar-refractivity contribution in [2.45, 2.75) is 55.5 Å². The lowest BCUT2D eigenvalue weighted by Crippen LogP contribution is -2.54. The lowest BCUT2D eigenvalue weighted by molar-refractivity contribution is -0.142. The number of aliphatic carboxylic acids is 1. The van der Waals surface area contributed by atoms with Gasteiger partial charge in [0.25, 0.3) is 11.5 Å². The molecule has 1 aromatic heterocycles. The van der Waals surface area contributed by atoms with Gasteiger partial charge >= 0.3 is 5.97 Å². The van der Waals surface area contributed by atoms with E-state index in [4.69, 9.17) is 0 Å². The normalized spacial score (nSPS) is 19.3. The molecule has 1 aliphatic heterocycles. The molecule has 1 saturated heterocycles. The molecule has 2 aliphatic rings. The third-order valence-corrected chi connectivity index (χ3v) is 9.95. The number of benzene rings is 3. The van der Waals surface area contributed by atoms with E-state index in [1.807, 2.05) is 89.8 Å². The number of aryl methyl sites for hydroxylation is 1. The summed E-state index contributed by atoms with van der Waals surface area (Å²) in [6.07, 6.45) is 3.53. The van der Waals surface area contributed by atoms with Crippen molar-refractivity contribution in [2.24, 2.45) is 7.05 Å². The maximum Gasteiger partial charge on any atom is 0.326 e. The van der Waals surface area contributed by atoms with Gasteiger partial charge in [-0.15, -0.1) is 0 Å². The summed E-state index contributed by atoms with van der Waals surface area (Å²) in [6.45, 7) is 0.888. The highest BCUT2D eigenvalue weighted by Crippen LogP contribution is 2.48. The smallest absolute Gasteiger partial charge is 0.326 e. The molecule has 260 valence electrons. The summed E-state index contributed by atoms with van der Waals surface area (Å²) >= 11 is 0. The first-order valence-corrected chi connectivity index (χ1v) is 16.7. The Hall–Kier alpha value is -5.16. The molecular weight excluding hydrogens is 653 g/mol. The van der Waals surface area contributed by atoms with Crippen LogP contribution in [0.1, 0.15) is 64.2 Å². The molecule has 0 radical (unpaired) electrons. The second kappa shape index (κ2) is 15.6. The Kier molecular flexibility index (Phi) is 11.3. The van der Waals surface area contributed by atoms with E-state index in [1.54, 1.807) is 19.3 Å². The summed E-state index contributed by atoms with van der Waals surface area (Å²) in [5, 5.41) is 16.0. The van der Waals surface area contributed by atoms with Crippen molar-refractivity contribution >= 4 is 37.2 Å².